The Balaban J connectivity index is 1.69. The number of ether oxygens (including phenoxy) is 1. The van der Waals surface area contributed by atoms with Crippen LogP contribution in [0.2, 0.25) is 5.02 Å². The first-order chi connectivity index (χ1) is 13.0. The Morgan fingerprint density at radius 1 is 1.26 bits per heavy atom. The summed E-state index contributed by atoms with van der Waals surface area (Å²) in [5.41, 5.74) is 0.462. The molecular formula is C21H21ClFNO3. The molecule has 1 saturated carbocycles. The molecule has 2 atom stereocenters. The van der Waals surface area contributed by atoms with Crippen molar-refractivity contribution in [1.82, 2.24) is 5.32 Å². The highest BCUT2D eigenvalue weighted by molar-refractivity contribution is 6.30. The Hall–Kier alpha value is -2.40. The van der Waals surface area contributed by atoms with Crippen molar-refractivity contribution in [3.05, 3.63) is 70.5 Å². The molecule has 0 saturated heterocycles. The lowest BCUT2D eigenvalue weighted by molar-refractivity contribution is -0.154. The lowest BCUT2D eigenvalue weighted by atomic mass is 9.97. The maximum atomic E-state index is 13.3. The third-order valence-corrected chi connectivity index (χ3v) is 5.12. The van der Waals surface area contributed by atoms with Gasteiger partial charge in [0.25, 0.3) is 0 Å². The maximum absolute atomic E-state index is 13.3. The van der Waals surface area contributed by atoms with E-state index in [-0.39, 0.29) is 24.2 Å². The Bertz CT molecular complexity index is 840. The van der Waals surface area contributed by atoms with Crippen molar-refractivity contribution >= 4 is 23.5 Å². The molecule has 27 heavy (non-hydrogen) atoms. The molecule has 1 N–H and O–H groups in total. The summed E-state index contributed by atoms with van der Waals surface area (Å²) in [4.78, 5) is 25.4. The molecule has 1 fully saturated rings. The molecule has 1 amide bonds. The van der Waals surface area contributed by atoms with Gasteiger partial charge < -0.3 is 10.1 Å². The number of amides is 1. The van der Waals surface area contributed by atoms with E-state index in [1.54, 1.807) is 31.2 Å². The summed E-state index contributed by atoms with van der Waals surface area (Å²) in [7, 11) is 0. The van der Waals surface area contributed by atoms with E-state index in [1.165, 1.54) is 12.1 Å². The first-order valence-corrected chi connectivity index (χ1v) is 9.30. The zero-order valence-corrected chi connectivity index (χ0v) is 15.8. The van der Waals surface area contributed by atoms with Crippen molar-refractivity contribution in [1.29, 1.82) is 0 Å². The van der Waals surface area contributed by atoms with Crippen LogP contribution in [-0.4, -0.2) is 25.0 Å². The molecule has 142 valence electrons. The maximum Gasteiger partial charge on any atom is 0.322 e. The summed E-state index contributed by atoms with van der Waals surface area (Å²) in [6, 6.07) is 13.4. The predicted molar refractivity (Wildman–Crippen MR) is 101 cm³/mol. The van der Waals surface area contributed by atoms with Crippen LogP contribution in [0.5, 0.6) is 0 Å². The molecule has 0 bridgehead atoms. The predicted octanol–water partition coefficient (Wildman–Crippen LogP) is 3.87. The van der Waals surface area contributed by atoms with E-state index in [2.05, 4.69) is 5.32 Å². The fraction of sp³-hybridized carbons (Fsp3) is 0.333. The fourth-order valence-corrected chi connectivity index (χ4v) is 3.49. The van der Waals surface area contributed by atoms with Crippen molar-refractivity contribution in [3.8, 4) is 0 Å². The fourth-order valence-electron chi connectivity index (χ4n) is 3.36. The number of nitrogens with one attached hydrogen (secondary N) is 1. The molecule has 0 spiro atoms. The molecule has 2 aromatic carbocycles. The van der Waals surface area contributed by atoms with E-state index in [0.29, 0.717) is 24.4 Å². The van der Waals surface area contributed by atoms with Gasteiger partial charge in [0.2, 0.25) is 5.91 Å². The average Bonchev–Trinajstić information content (AvgIpc) is 3.40. The Kier molecular flexibility index (Phi) is 5.80. The second-order valence-electron chi connectivity index (χ2n) is 6.64. The molecular weight excluding hydrogens is 369 g/mol. The number of carbonyl (C=O) groups excluding carboxylic acids is 2. The highest BCUT2D eigenvalue weighted by Crippen LogP contribution is 2.60. The zero-order valence-electron chi connectivity index (χ0n) is 15.0. The largest absolute Gasteiger partial charge is 0.465 e. The minimum Gasteiger partial charge on any atom is -0.465 e. The average molecular weight is 390 g/mol. The smallest absolute Gasteiger partial charge is 0.322 e. The van der Waals surface area contributed by atoms with Gasteiger partial charge in [0.1, 0.15) is 5.82 Å². The molecule has 1 aliphatic rings. The standard InChI is InChI=1S/C21H21ClFNO3/c1-2-27-20(26)21(13-18(21)15-6-8-16(22)9-7-15)19(25)24-11-10-14-4-3-5-17(23)12-14/h3-9,12,18H,2,10-11,13H2,1H3,(H,24,25). The molecule has 6 heteroatoms. The molecule has 2 unspecified atom stereocenters. The number of rotatable bonds is 7. The quantitative estimate of drug-likeness (QED) is 0.577. The first-order valence-electron chi connectivity index (χ1n) is 8.93. The van der Waals surface area contributed by atoms with E-state index in [0.717, 1.165) is 11.1 Å². The summed E-state index contributed by atoms with van der Waals surface area (Å²) in [6.45, 7) is 2.24. The van der Waals surface area contributed by atoms with Crippen LogP contribution in [0.1, 0.15) is 30.4 Å². The molecule has 2 aromatic rings. The first kappa shape index (κ1) is 19.4. The topological polar surface area (TPSA) is 55.4 Å². The van der Waals surface area contributed by atoms with Gasteiger partial charge in [-0.25, -0.2) is 4.39 Å². The summed E-state index contributed by atoms with van der Waals surface area (Å²) in [6.07, 6.45) is 0.882. The number of carbonyl (C=O) groups is 2. The van der Waals surface area contributed by atoms with Gasteiger partial charge in [-0.15, -0.1) is 0 Å². The van der Waals surface area contributed by atoms with Crippen molar-refractivity contribution in [2.24, 2.45) is 5.41 Å². The minimum atomic E-state index is -1.20. The number of benzene rings is 2. The van der Waals surface area contributed by atoms with E-state index in [1.807, 2.05) is 12.1 Å². The Labute approximate surface area is 162 Å². The van der Waals surface area contributed by atoms with E-state index in [4.69, 9.17) is 16.3 Å². The number of hydrogen-bond acceptors (Lipinski definition) is 3. The molecule has 0 aliphatic heterocycles. The summed E-state index contributed by atoms with van der Waals surface area (Å²) < 4.78 is 18.4. The summed E-state index contributed by atoms with van der Waals surface area (Å²) >= 11 is 5.92. The van der Waals surface area contributed by atoms with Crippen LogP contribution in [0.15, 0.2) is 48.5 Å². The van der Waals surface area contributed by atoms with Crippen molar-refractivity contribution in [2.75, 3.05) is 13.2 Å². The van der Waals surface area contributed by atoms with Gasteiger partial charge in [-0.05, 0) is 55.2 Å². The van der Waals surface area contributed by atoms with Crippen LogP contribution in [0, 0.1) is 11.2 Å². The van der Waals surface area contributed by atoms with Crippen LogP contribution in [0.3, 0.4) is 0 Å². The van der Waals surface area contributed by atoms with E-state index in [9.17, 15) is 14.0 Å². The highest BCUT2D eigenvalue weighted by atomic mass is 35.5. The van der Waals surface area contributed by atoms with Crippen molar-refractivity contribution < 1.29 is 18.7 Å². The SMILES string of the molecule is CCOC(=O)C1(C(=O)NCCc2cccc(F)c2)CC1c1ccc(Cl)cc1. The lowest BCUT2D eigenvalue weighted by Gasteiger charge is -2.16. The van der Waals surface area contributed by atoms with Crippen LogP contribution >= 0.6 is 11.6 Å². The van der Waals surface area contributed by atoms with Crippen molar-refractivity contribution in [3.63, 3.8) is 0 Å². The van der Waals surface area contributed by atoms with Gasteiger partial charge in [-0.2, -0.15) is 0 Å². The van der Waals surface area contributed by atoms with E-state index < -0.39 is 11.4 Å². The number of halogens is 2. The lowest BCUT2D eigenvalue weighted by Crippen LogP contribution is -2.40. The monoisotopic (exact) mass is 389 g/mol. The summed E-state index contributed by atoms with van der Waals surface area (Å²) in [5, 5.41) is 3.41. The Morgan fingerprint density at radius 2 is 2.00 bits per heavy atom. The normalized spacial score (nSPS) is 20.8. The third-order valence-electron chi connectivity index (χ3n) is 4.87. The number of hydrogen-bond donors (Lipinski definition) is 1. The van der Waals surface area contributed by atoms with Crippen LogP contribution < -0.4 is 5.32 Å². The Morgan fingerprint density at radius 3 is 2.67 bits per heavy atom. The van der Waals surface area contributed by atoms with Gasteiger partial charge in [-0.3, -0.25) is 9.59 Å². The van der Waals surface area contributed by atoms with Crippen LogP contribution in [0.4, 0.5) is 4.39 Å². The molecule has 1 aliphatic carbocycles. The number of esters is 1. The van der Waals surface area contributed by atoms with Gasteiger partial charge in [0.05, 0.1) is 6.61 Å². The van der Waals surface area contributed by atoms with Gasteiger partial charge >= 0.3 is 5.97 Å². The second-order valence-corrected chi connectivity index (χ2v) is 7.07. The molecule has 3 rings (SSSR count). The molecule has 0 heterocycles. The molecule has 0 radical (unpaired) electrons. The van der Waals surface area contributed by atoms with Gasteiger partial charge in [0, 0.05) is 17.5 Å². The van der Waals surface area contributed by atoms with Gasteiger partial charge in [0.15, 0.2) is 5.41 Å². The zero-order chi connectivity index (χ0) is 19.4. The van der Waals surface area contributed by atoms with Gasteiger partial charge in [-0.1, -0.05) is 35.9 Å². The third kappa shape index (κ3) is 4.14. The van der Waals surface area contributed by atoms with Crippen molar-refractivity contribution in [2.45, 2.75) is 25.7 Å². The van der Waals surface area contributed by atoms with Crippen LogP contribution in [0.25, 0.3) is 0 Å². The molecule has 0 aromatic heterocycles. The molecule has 4 nitrogen and oxygen atoms in total. The second kappa shape index (κ2) is 8.09. The minimum absolute atomic E-state index is 0.213. The van der Waals surface area contributed by atoms with Crippen LogP contribution in [-0.2, 0) is 20.7 Å². The summed E-state index contributed by atoms with van der Waals surface area (Å²) in [5.74, 6) is -1.40. The van der Waals surface area contributed by atoms with E-state index >= 15 is 0 Å². The highest BCUT2D eigenvalue weighted by Gasteiger charge is 2.67.